The summed E-state index contributed by atoms with van der Waals surface area (Å²) in [5, 5.41) is 11.9. The van der Waals surface area contributed by atoms with E-state index in [0.29, 0.717) is 13.0 Å². The normalized spacial score (nSPS) is 12.1. The van der Waals surface area contributed by atoms with Crippen molar-refractivity contribution in [1.29, 1.82) is 0 Å². The molecule has 1 rings (SSSR count). The third-order valence-electron chi connectivity index (χ3n) is 2.47. The van der Waals surface area contributed by atoms with Crippen molar-refractivity contribution in [3.05, 3.63) is 24.3 Å². The first kappa shape index (κ1) is 14.9. The average Bonchev–Trinajstić information content (AvgIpc) is 2.38. The maximum absolute atomic E-state index is 10.9. The Bertz CT molecular complexity index is 384. The summed E-state index contributed by atoms with van der Waals surface area (Å²) in [7, 11) is 1.63. The fourth-order valence-corrected chi connectivity index (χ4v) is 2.51. The lowest BCUT2D eigenvalue weighted by Gasteiger charge is -2.12. The maximum Gasteiger partial charge on any atom is 0.320 e. The van der Waals surface area contributed by atoms with Crippen molar-refractivity contribution in [2.45, 2.75) is 24.3 Å². The quantitative estimate of drug-likeness (QED) is 0.709. The molecule has 0 bridgehead atoms. The third kappa shape index (κ3) is 4.98. The SMILES string of the molecule is CCNC(CCSc1cccc(OC)c1)C(=O)O. The van der Waals surface area contributed by atoms with Gasteiger partial charge in [0.2, 0.25) is 0 Å². The van der Waals surface area contributed by atoms with Gasteiger partial charge in [-0.25, -0.2) is 0 Å². The second kappa shape index (κ2) is 8.00. The number of aliphatic carboxylic acids is 1. The van der Waals surface area contributed by atoms with E-state index in [1.165, 1.54) is 0 Å². The number of carboxylic acids is 1. The van der Waals surface area contributed by atoms with E-state index in [9.17, 15) is 4.79 Å². The van der Waals surface area contributed by atoms with Gasteiger partial charge in [0.1, 0.15) is 11.8 Å². The first-order valence-corrected chi connectivity index (χ1v) is 6.89. The molecule has 0 aliphatic rings. The molecule has 0 aliphatic carbocycles. The molecule has 0 spiro atoms. The van der Waals surface area contributed by atoms with Gasteiger partial charge in [0.05, 0.1) is 7.11 Å². The zero-order valence-corrected chi connectivity index (χ0v) is 11.5. The number of likely N-dealkylation sites (N-methyl/N-ethyl adjacent to an activating group) is 1. The summed E-state index contributed by atoms with van der Waals surface area (Å²) in [5.41, 5.74) is 0. The molecule has 0 aromatic heterocycles. The Morgan fingerprint density at radius 3 is 2.94 bits per heavy atom. The molecule has 0 heterocycles. The lowest BCUT2D eigenvalue weighted by atomic mass is 10.2. The highest BCUT2D eigenvalue weighted by Gasteiger charge is 2.15. The summed E-state index contributed by atoms with van der Waals surface area (Å²) in [4.78, 5) is 12.0. The Morgan fingerprint density at radius 2 is 2.33 bits per heavy atom. The van der Waals surface area contributed by atoms with E-state index in [2.05, 4.69) is 5.32 Å². The van der Waals surface area contributed by atoms with Crippen LogP contribution in [0.1, 0.15) is 13.3 Å². The Morgan fingerprint density at radius 1 is 1.56 bits per heavy atom. The van der Waals surface area contributed by atoms with Crippen LogP contribution in [0.2, 0.25) is 0 Å². The van der Waals surface area contributed by atoms with Gasteiger partial charge in [-0.3, -0.25) is 4.79 Å². The Balaban J connectivity index is 2.42. The van der Waals surface area contributed by atoms with Gasteiger partial charge in [-0.1, -0.05) is 13.0 Å². The minimum Gasteiger partial charge on any atom is -0.497 e. The predicted molar refractivity (Wildman–Crippen MR) is 73.4 cm³/mol. The van der Waals surface area contributed by atoms with Gasteiger partial charge < -0.3 is 15.2 Å². The van der Waals surface area contributed by atoms with E-state index in [1.54, 1.807) is 18.9 Å². The van der Waals surface area contributed by atoms with Gasteiger partial charge in [-0.05, 0) is 31.2 Å². The van der Waals surface area contributed by atoms with Crippen LogP contribution in [0.4, 0.5) is 0 Å². The smallest absolute Gasteiger partial charge is 0.320 e. The van der Waals surface area contributed by atoms with E-state index < -0.39 is 12.0 Å². The molecule has 0 saturated heterocycles. The van der Waals surface area contributed by atoms with Gasteiger partial charge in [0, 0.05) is 10.6 Å². The van der Waals surface area contributed by atoms with Crippen LogP contribution in [-0.4, -0.2) is 36.5 Å². The van der Waals surface area contributed by atoms with Gasteiger partial charge in [0.15, 0.2) is 0 Å². The number of rotatable bonds is 8. The first-order valence-electron chi connectivity index (χ1n) is 5.90. The lowest BCUT2D eigenvalue weighted by Crippen LogP contribution is -2.36. The van der Waals surface area contributed by atoms with Crippen molar-refractivity contribution < 1.29 is 14.6 Å². The van der Waals surface area contributed by atoms with E-state index in [-0.39, 0.29) is 0 Å². The van der Waals surface area contributed by atoms with Gasteiger partial charge in [-0.15, -0.1) is 11.8 Å². The Labute approximate surface area is 112 Å². The van der Waals surface area contributed by atoms with Gasteiger partial charge in [-0.2, -0.15) is 0 Å². The number of methoxy groups -OCH3 is 1. The second-order valence-corrected chi connectivity index (χ2v) is 4.93. The molecule has 1 unspecified atom stereocenters. The zero-order chi connectivity index (χ0) is 13.4. The minimum atomic E-state index is -0.789. The molecule has 100 valence electrons. The van der Waals surface area contributed by atoms with Gasteiger partial charge in [0.25, 0.3) is 0 Å². The van der Waals surface area contributed by atoms with E-state index in [0.717, 1.165) is 16.4 Å². The summed E-state index contributed by atoms with van der Waals surface area (Å²) < 4.78 is 5.14. The summed E-state index contributed by atoms with van der Waals surface area (Å²) in [6, 6.07) is 7.31. The summed E-state index contributed by atoms with van der Waals surface area (Å²) >= 11 is 1.64. The molecule has 0 amide bonds. The highest BCUT2D eigenvalue weighted by atomic mass is 32.2. The molecular formula is C13H19NO3S. The molecule has 2 N–H and O–H groups in total. The zero-order valence-electron chi connectivity index (χ0n) is 10.7. The van der Waals surface area contributed by atoms with Crippen LogP contribution < -0.4 is 10.1 Å². The Kier molecular flexibility index (Phi) is 6.60. The van der Waals surface area contributed by atoms with E-state index in [1.807, 2.05) is 31.2 Å². The monoisotopic (exact) mass is 269 g/mol. The fourth-order valence-electron chi connectivity index (χ4n) is 1.54. The molecule has 4 nitrogen and oxygen atoms in total. The number of carbonyl (C=O) groups is 1. The topological polar surface area (TPSA) is 58.6 Å². The second-order valence-electron chi connectivity index (χ2n) is 3.76. The van der Waals surface area contributed by atoms with Crippen molar-refractivity contribution in [3.8, 4) is 5.75 Å². The number of thioether (sulfide) groups is 1. The number of nitrogens with one attached hydrogen (secondary N) is 1. The molecule has 0 aliphatic heterocycles. The number of carboxylic acid groups (broad SMARTS) is 1. The van der Waals surface area contributed by atoms with Crippen molar-refractivity contribution >= 4 is 17.7 Å². The average molecular weight is 269 g/mol. The highest BCUT2D eigenvalue weighted by Crippen LogP contribution is 2.23. The Hall–Kier alpha value is -1.20. The fraction of sp³-hybridized carbons (Fsp3) is 0.462. The van der Waals surface area contributed by atoms with E-state index >= 15 is 0 Å². The van der Waals surface area contributed by atoms with Crippen LogP contribution in [0.5, 0.6) is 5.75 Å². The maximum atomic E-state index is 10.9. The van der Waals surface area contributed by atoms with Crippen LogP contribution in [0, 0.1) is 0 Å². The molecule has 0 radical (unpaired) electrons. The lowest BCUT2D eigenvalue weighted by molar-refractivity contribution is -0.139. The van der Waals surface area contributed by atoms with Gasteiger partial charge >= 0.3 is 5.97 Å². The number of benzene rings is 1. The van der Waals surface area contributed by atoms with Crippen LogP contribution in [-0.2, 0) is 4.79 Å². The van der Waals surface area contributed by atoms with E-state index in [4.69, 9.17) is 9.84 Å². The molecule has 1 atom stereocenters. The summed E-state index contributed by atoms with van der Waals surface area (Å²) in [5.74, 6) is 0.793. The summed E-state index contributed by atoms with van der Waals surface area (Å²) in [6.07, 6.45) is 0.602. The third-order valence-corrected chi connectivity index (χ3v) is 3.49. The van der Waals surface area contributed by atoms with Crippen LogP contribution in [0.15, 0.2) is 29.2 Å². The molecule has 0 saturated carbocycles. The van der Waals surface area contributed by atoms with Crippen LogP contribution in [0.3, 0.4) is 0 Å². The molecule has 1 aromatic carbocycles. The predicted octanol–water partition coefficient (Wildman–Crippen LogP) is 2.24. The number of hydrogen-bond donors (Lipinski definition) is 2. The highest BCUT2D eigenvalue weighted by molar-refractivity contribution is 7.99. The van der Waals surface area contributed by atoms with Crippen molar-refractivity contribution in [1.82, 2.24) is 5.32 Å². The van der Waals surface area contributed by atoms with Crippen molar-refractivity contribution in [2.24, 2.45) is 0 Å². The molecule has 1 aromatic rings. The largest absolute Gasteiger partial charge is 0.497 e. The summed E-state index contributed by atoms with van der Waals surface area (Å²) in [6.45, 7) is 2.58. The standard InChI is InChI=1S/C13H19NO3S/c1-3-14-12(13(15)16)7-8-18-11-6-4-5-10(9-11)17-2/h4-6,9,12,14H,3,7-8H2,1-2H3,(H,15,16). The number of hydrogen-bond acceptors (Lipinski definition) is 4. The van der Waals surface area contributed by atoms with Crippen molar-refractivity contribution in [3.63, 3.8) is 0 Å². The van der Waals surface area contributed by atoms with Crippen molar-refractivity contribution in [2.75, 3.05) is 19.4 Å². The van der Waals surface area contributed by atoms with Crippen LogP contribution >= 0.6 is 11.8 Å². The molecule has 0 fully saturated rings. The number of ether oxygens (including phenoxy) is 1. The van der Waals surface area contributed by atoms with Crippen LogP contribution in [0.25, 0.3) is 0 Å². The first-order chi connectivity index (χ1) is 8.67. The molecule has 18 heavy (non-hydrogen) atoms. The molecule has 5 heteroatoms. The molecular weight excluding hydrogens is 250 g/mol. The minimum absolute atomic E-state index is 0.465.